The summed E-state index contributed by atoms with van der Waals surface area (Å²) in [6.07, 6.45) is 5.32. The van der Waals surface area contributed by atoms with Crippen LogP contribution in [-0.2, 0) is 24.1 Å². The van der Waals surface area contributed by atoms with Gasteiger partial charge >= 0.3 is 5.97 Å². The quantitative estimate of drug-likeness (QED) is 0.372. The van der Waals surface area contributed by atoms with E-state index in [1.807, 2.05) is 24.3 Å². The predicted octanol–water partition coefficient (Wildman–Crippen LogP) is 5.67. The van der Waals surface area contributed by atoms with Crippen LogP contribution < -0.4 is 4.74 Å². The van der Waals surface area contributed by atoms with Gasteiger partial charge in [-0.1, -0.05) is 72.8 Å². The predicted molar refractivity (Wildman–Crippen MR) is 129 cm³/mol. The first-order chi connectivity index (χ1) is 16.7. The smallest absolute Gasteiger partial charge is 0.341 e. The number of rotatable bonds is 8. The molecule has 3 aromatic carbocycles. The fourth-order valence-corrected chi connectivity index (χ4v) is 4.92. The highest BCUT2D eigenvalue weighted by Crippen LogP contribution is 2.35. The molecule has 1 unspecified atom stereocenters. The van der Waals surface area contributed by atoms with Gasteiger partial charge in [-0.05, 0) is 53.5 Å². The van der Waals surface area contributed by atoms with E-state index in [1.54, 1.807) is 6.26 Å². The van der Waals surface area contributed by atoms with Crippen molar-refractivity contribution in [2.75, 3.05) is 6.61 Å². The molecule has 0 radical (unpaired) electrons. The molecular weight excluding hydrogens is 426 g/mol. The van der Waals surface area contributed by atoms with Crippen LogP contribution in [0, 0.1) is 5.92 Å². The maximum Gasteiger partial charge on any atom is 0.341 e. The highest BCUT2D eigenvalue weighted by Gasteiger charge is 2.25. The van der Waals surface area contributed by atoms with Crippen molar-refractivity contribution in [3.05, 3.63) is 119 Å². The fourth-order valence-electron chi connectivity index (χ4n) is 4.92. The average Bonchev–Trinajstić information content (AvgIpc) is 3.31. The molecule has 5 rings (SSSR count). The van der Waals surface area contributed by atoms with Gasteiger partial charge in [0, 0.05) is 6.42 Å². The molecule has 0 saturated carbocycles. The normalized spacial score (nSPS) is 15.1. The van der Waals surface area contributed by atoms with Crippen LogP contribution in [0.5, 0.6) is 5.75 Å². The van der Waals surface area contributed by atoms with E-state index in [1.165, 1.54) is 16.7 Å². The van der Waals surface area contributed by atoms with Crippen molar-refractivity contribution >= 4 is 5.97 Å². The van der Waals surface area contributed by atoms with Crippen molar-refractivity contribution in [1.82, 2.24) is 4.98 Å². The molecule has 0 fully saturated rings. The van der Waals surface area contributed by atoms with Crippen LogP contribution in [0.3, 0.4) is 0 Å². The summed E-state index contributed by atoms with van der Waals surface area (Å²) in [5.74, 6) is 0.931. The Morgan fingerprint density at radius 2 is 1.71 bits per heavy atom. The molecule has 0 spiro atoms. The van der Waals surface area contributed by atoms with Gasteiger partial charge in [0.05, 0.1) is 11.6 Å². The van der Waals surface area contributed by atoms with Gasteiger partial charge in [0.2, 0.25) is 0 Å². The van der Waals surface area contributed by atoms with Crippen molar-refractivity contribution in [3.63, 3.8) is 0 Å². The summed E-state index contributed by atoms with van der Waals surface area (Å²) in [5.41, 5.74) is 5.65. The van der Waals surface area contributed by atoms with E-state index in [4.69, 9.17) is 19.2 Å². The molecule has 1 heterocycles. The molecule has 5 heteroatoms. The molecular formula is C29H27NO4. The Bertz CT molecular complexity index is 1210. The topological polar surface area (TPSA) is 72.6 Å². The minimum atomic E-state index is -0.963. The van der Waals surface area contributed by atoms with E-state index >= 15 is 0 Å². The second-order valence-electron chi connectivity index (χ2n) is 8.81. The number of carbonyl (C=O) groups is 1. The third-order valence-corrected chi connectivity index (χ3v) is 6.49. The van der Waals surface area contributed by atoms with Crippen LogP contribution in [-0.4, -0.2) is 22.7 Å². The first-order valence-electron chi connectivity index (χ1n) is 11.7. The Hall–Kier alpha value is -3.86. The molecule has 0 saturated heterocycles. The molecule has 1 aromatic heterocycles. The van der Waals surface area contributed by atoms with E-state index in [0.717, 1.165) is 42.8 Å². The molecule has 0 aliphatic heterocycles. The summed E-state index contributed by atoms with van der Waals surface area (Å²) in [6, 6.07) is 26.7. The van der Waals surface area contributed by atoms with Gasteiger partial charge in [-0.2, -0.15) is 0 Å². The zero-order valence-corrected chi connectivity index (χ0v) is 18.9. The van der Waals surface area contributed by atoms with Crippen LogP contribution in [0.1, 0.15) is 46.2 Å². The number of ether oxygens (including phenoxy) is 1. The summed E-state index contributed by atoms with van der Waals surface area (Å²) < 4.78 is 11.5. The van der Waals surface area contributed by atoms with Gasteiger partial charge < -0.3 is 14.3 Å². The minimum Gasteiger partial charge on any atom is -0.482 e. The number of aliphatic carboxylic acids is 1. The number of nitrogens with zero attached hydrogens (tertiary/aromatic N) is 1. The summed E-state index contributed by atoms with van der Waals surface area (Å²) in [7, 11) is 0. The number of carboxylic acids is 1. The molecule has 0 amide bonds. The minimum absolute atomic E-state index is 0.0286. The zero-order chi connectivity index (χ0) is 23.3. The lowest BCUT2D eigenvalue weighted by Crippen LogP contribution is -2.18. The molecule has 34 heavy (non-hydrogen) atoms. The maximum atomic E-state index is 10.9. The lowest BCUT2D eigenvalue weighted by molar-refractivity contribution is -0.139. The maximum absolute atomic E-state index is 10.9. The van der Waals surface area contributed by atoms with Gasteiger partial charge in [0.15, 0.2) is 12.5 Å². The highest BCUT2D eigenvalue weighted by atomic mass is 16.5. The van der Waals surface area contributed by atoms with Gasteiger partial charge in [-0.25, -0.2) is 9.78 Å². The molecule has 1 N–H and O–H groups in total. The van der Waals surface area contributed by atoms with Crippen LogP contribution in [0.2, 0.25) is 0 Å². The van der Waals surface area contributed by atoms with Crippen molar-refractivity contribution in [2.45, 2.75) is 31.6 Å². The van der Waals surface area contributed by atoms with Gasteiger partial charge in [0.25, 0.3) is 0 Å². The highest BCUT2D eigenvalue weighted by molar-refractivity contribution is 5.68. The summed E-state index contributed by atoms with van der Waals surface area (Å²) in [4.78, 5) is 15.8. The molecule has 1 aliphatic carbocycles. The van der Waals surface area contributed by atoms with Crippen LogP contribution in [0.15, 0.2) is 89.5 Å². The second kappa shape index (κ2) is 9.96. The standard InChI is InChI=1S/C29H27NO4/c31-28(32)19-33-26-13-7-12-23-16-20(14-15-24(23)26)17-27-30-25(18-34-27)29(21-8-3-1-4-9-21)22-10-5-2-6-11-22/h1-13,18,20,29H,14-17,19H2,(H,31,32). The SMILES string of the molecule is O=C(O)COc1cccc2c1CCC(Cc1nc(C(c3ccccc3)c3ccccc3)co1)C2. The number of hydrogen-bond donors (Lipinski definition) is 1. The van der Waals surface area contributed by atoms with Gasteiger partial charge in [-0.3, -0.25) is 0 Å². The Kier molecular flexibility index (Phi) is 6.43. The number of fused-ring (bicyclic) bond motifs is 1. The Morgan fingerprint density at radius 1 is 1.00 bits per heavy atom. The molecule has 4 aromatic rings. The van der Waals surface area contributed by atoms with Crippen LogP contribution in [0.4, 0.5) is 0 Å². The van der Waals surface area contributed by atoms with E-state index in [-0.39, 0.29) is 12.5 Å². The second-order valence-corrected chi connectivity index (χ2v) is 8.81. The lowest BCUT2D eigenvalue weighted by atomic mass is 9.82. The number of carboxylic acid groups (broad SMARTS) is 1. The summed E-state index contributed by atoms with van der Waals surface area (Å²) in [6.45, 7) is -0.316. The molecule has 1 aliphatic rings. The van der Waals surface area contributed by atoms with E-state index < -0.39 is 5.97 Å². The average molecular weight is 454 g/mol. The summed E-state index contributed by atoms with van der Waals surface area (Å²) in [5, 5.41) is 8.93. The Balaban J connectivity index is 1.33. The first-order valence-corrected chi connectivity index (χ1v) is 11.7. The van der Waals surface area contributed by atoms with Crippen molar-refractivity contribution < 1.29 is 19.1 Å². The molecule has 0 bridgehead atoms. The number of hydrogen-bond acceptors (Lipinski definition) is 4. The van der Waals surface area contributed by atoms with E-state index in [2.05, 4.69) is 54.6 Å². The van der Waals surface area contributed by atoms with E-state index in [9.17, 15) is 4.79 Å². The molecule has 172 valence electrons. The van der Waals surface area contributed by atoms with Gasteiger partial charge in [-0.15, -0.1) is 0 Å². The third-order valence-electron chi connectivity index (χ3n) is 6.49. The van der Waals surface area contributed by atoms with Crippen LogP contribution >= 0.6 is 0 Å². The molecule has 5 nitrogen and oxygen atoms in total. The zero-order valence-electron chi connectivity index (χ0n) is 18.9. The lowest BCUT2D eigenvalue weighted by Gasteiger charge is -2.25. The fraction of sp³-hybridized carbons (Fsp3) is 0.241. The largest absolute Gasteiger partial charge is 0.482 e. The number of oxazole rings is 1. The Labute approximate surface area is 199 Å². The van der Waals surface area contributed by atoms with Gasteiger partial charge in [0.1, 0.15) is 12.0 Å². The van der Waals surface area contributed by atoms with Crippen molar-refractivity contribution in [2.24, 2.45) is 5.92 Å². The van der Waals surface area contributed by atoms with E-state index in [0.29, 0.717) is 11.7 Å². The van der Waals surface area contributed by atoms with Crippen LogP contribution in [0.25, 0.3) is 0 Å². The Morgan fingerprint density at radius 3 is 2.38 bits per heavy atom. The summed E-state index contributed by atoms with van der Waals surface area (Å²) >= 11 is 0. The number of aromatic nitrogens is 1. The van der Waals surface area contributed by atoms with Crippen molar-refractivity contribution in [1.29, 1.82) is 0 Å². The number of benzene rings is 3. The van der Waals surface area contributed by atoms with Crippen molar-refractivity contribution in [3.8, 4) is 5.75 Å². The first kappa shape index (κ1) is 22.0. The monoisotopic (exact) mass is 453 g/mol. The molecule has 1 atom stereocenters. The third kappa shape index (κ3) is 4.88.